The standard InChI is InChI=1S/C22H23N5OS/c1-4-13-26-20(17-9-11-23-12-10-17)24-25-22(26)29-16(3)21(28)27-15(2)14-18-7-5-6-8-19(18)27/h4-12,15-16H,1,13-14H2,2-3H3/t15-,16-/m0/s1. The number of amides is 1. The minimum Gasteiger partial charge on any atom is -0.308 e. The molecule has 0 spiro atoms. The molecule has 0 radical (unpaired) electrons. The molecular formula is C22H23N5OS. The molecule has 29 heavy (non-hydrogen) atoms. The van der Waals surface area contributed by atoms with Crippen LogP contribution in [0.1, 0.15) is 19.4 Å². The van der Waals surface area contributed by atoms with E-state index in [-0.39, 0.29) is 17.2 Å². The van der Waals surface area contributed by atoms with Gasteiger partial charge in [0, 0.05) is 36.2 Å². The highest BCUT2D eigenvalue weighted by atomic mass is 32.2. The van der Waals surface area contributed by atoms with E-state index in [2.05, 4.69) is 34.8 Å². The summed E-state index contributed by atoms with van der Waals surface area (Å²) in [5.41, 5.74) is 3.17. The van der Waals surface area contributed by atoms with Gasteiger partial charge in [-0.25, -0.2) is 0 Å². The van der Waals surface area contributed by atoms with Crippen LogP contribution in [0.2, 0.25) is 0 Å². The lowest BCUT2D eigenvalue weighted by Gasteiger charge is -2.25. The van der Waals surface area contributed by atoms with E-state index < -0.39 is 0 Å². The van der Waals surface area contributed by atoms with E-state index in [1.165, 1.54) is 17.3 Å². The van der Waals surface area contributed by atoms with Gasteiger partial charge in [-0.2, -0.15) is 0 Å². The second-order valence-corrected chi connectivity index (χ2v) is 8.40. The number of rotatable bonds is 6. The molecule has 2 aromatic heterocycles. The molecule has 0 bridgehead atoms. The van der Waals surface area contributed by atoms with Gasteiger partial charge >= 0.3 is 0 Å². The molecule has 1 amide bonds. The summed E-state index contributed by atoms with van der Waals surface area (Å²) in [6.45, 7) is 8.44. The van der Waals surface area contributed by atoms with E-state index in [4.69, 9.17) is 0 Å². The quantitative estimate of drug-likeness (QED) is 0.458. The summed E-state index contributed by atoms with van der Waals surface area (Å²) in [5, 5.41) is 9.13. The van der Waals surface area contributed by atoms with Crippen LogP contribution in [0, 0.1) is 0 Å². The maximum Gasteiger partial charge on any atom is 0.240 e. The van der Waals surface area contributed by atoms with E-state index in [0.717, 1.165) is 23.5 Å². The molecule has 0 saturated heterocycles. The summed E-state index contributed by atoms with van der Waals surface area (Å²) in [6, 6.07) is 12.1. The third kappa shape index (κ3) is 3.70. The SMILES string of the molecule is C=CCn1c(S[C@@H](C)C(=O)N2c3ccccc3C[C@@H]2C)nnc1-c1ccncc1. The van der Waals surface area contributed by atoms with Crippen molar-refractivity contribution in [2.75, 3.05) is 4.90 Å². The van der Waals surface area contributed by atoms with Crippen LogP contribution in [0.15, 0.2) is 66.6 Å². The molecule has 2 atom stereocenters. The third-order valence-corrected chi connectivity index (χ3v) is 6.11. The first-order chi connectivity index (χ1) is 14.1. The van der Waals surface area contributed by atoms with Gasteiger partial charge in [0.05, 0.1) is 5.25 Å². The average Bonchev–Trinajstić information content (AvgIpc) is 3.28. The van der Waals surface area contributed by atoms with Crippen LogP contribution in [0.3, 0.4) is 0 Å². The van der Waals surface area contributed by atoms with Crippen molar-refractivity contribution in [3.05, 3.63) is 67.0 Å². The predicted molar refractivity (Wildman–Crippen MR) is 116 cm³/mol. The third-order valence-electron chi connectivity index (χ3n) is 5.04. The van der Waals surface area contributed by atoms with E-state index in [9.17, 15) is 4.79 Å². The number of anilines is 1. The Morgan fingerprint density at radius 3 is 2.79 bits per heavy atom. The topological polar surface area (TPSA) is 63.9 Å². The van der Waals surface area contributed by atoms with Crippen LogP contribution in [-0.2, 0) is 17.8 Å². The summed E-state index contributed by atoms with van der Waals surface area (Å²) in [6.07, 6.45) is 6.16. The molecule has 7 heteroatoms. The van der Waals surface area contributed by atoms with E-state index in [1.807, 2.05) is 52.8 Å². The number of hydrogen-bond donors (Lipinski definition) is 0. The van der Waals surface area contributed by atoms with Crippen molar-refractivity contribution in [1.29, 1.82) is 0 Å². The Kier molecular flexibility index (Phi) is 5.49. The fourth-order valence-electron chi connectivity index (χ4n) is 3.69. The van der Waals surface area contributed by atoms with Crippen molar-refractivity contribution in [3.8, 4) is 11.4 Å². The van der Waals surface area contributed by atoms with Gasteiger partial charge in [-0.3, -0.25) is 14.3 Å². The van der Waals surface area contributed by atoms with Gasteiger partial charge in [-0.05, 0) is 44.0 Å². The molecule has 3 heterocycles. The highest BCUT2D eigenvalue weighted by Gasteiger charge is 2.34. The Bertz CT molecular complexity index is 1030. The van der Waals surface area contributed by atoms with Crippen molar-refractivity contribution in [2.45, 2.75) is 43.3 Å². The van der Waals surface area contributed by atoms with Gasteiger partial charge in [-0.15, -0.1) is 16.8 Å². The van der Waals surface area contributed by atoms with Crippen LogP contribution in [-0.4, -0.2) is 36.9 Å². The van der Waals surface area contributed by atoms with Gasteiger partial charge < -0.3 is 4.90 Å². The molecule has 0 unspecified atom stereocenters. The number of pyridine rings is 1. The van der Waals surface area contributed by atoms with Gasteiger partial charge in [0.1, 0.15) is 0 Å². The average molecular weight is 406 g/mol. The molecule has 1 aliphatic rings. The number of allylic oxidation sites excluding steroid dienone is 1. The van der Waals surface area contributed by atoms with Gasteiger partial charge in [0.15, 0.2) is 11.0 Å². The Balaban J connectivity index is 1.59. The minimum absolute atomic E-state index is 0.0889. The molecular weight excluding hydrogens is 382 g/mol. The number of aromatic nitrogens is 4. The second-order valence-electron chi connectivity index (χ2n) is 7.09. The Morgan fingerprint density at radius 2 is 2.03 bits per heavy atom. The largest absolute Gasteiger partial charge is 0.308 e. The monoisotopic (exact) mass is 405 g/mol. The number of nitrogens with zero attached hydrogens (tertiary/aromatic N) is 5. The number of thioether (sulfide) groups is 1. The second kappa shape index (κ2) is 8.21. The molecule has 1 aliphatic heterocycles. The number of para-hydroxylation sites is 1. The van der Waals surface area contributed by atoms with Crippen LogP contribution in [0.5, 0.6) is 0 Å². The predicted octanol–water partition coefficient (Wildman–Crippen LogP) is 3.98. The first-order valence-electron chi connectivity index (χ1n) is 9.62. The Morgan fingerprint density at radius 1 is 1.28 bits per heavy atom. The highest BCUT2D eigenvalue weighted by Crippen LogP contribution is 2.35. The van der Waals surface area contributed by atoms with Crippen molar-refractivity contribution in [2.24, 2.45) is 0 Å². The van der Waals surface area contributed by atoms with Crippen molar-refractivity contribution < 1.29 is 4.79 Å². The fraction of sp³-hybridized carbons (Fsp3) is 0.273. The maximum absolute atomic E-state index is 13.3. The normalized spacial score (nSPS) is 16.5. The lowest BCUT2D eigenvalue weighted by molar-refractivity contribution is -0.118. The van der Waals surface area contributed by atoms with Gasteiger partial charge in [0.2, 0.25) is 5.91 Å². The Labute approximate surface area is 174 Å². The van der Waals surface area contributed by atoms with Crippen LogP contribution >= 0.6 is 11.8 Å². The zero-order valence-corrected chi connectivity index (χ0v) is 17.3. The molecule has 3 aromatic rings. The molecule has 0 fully saturated rings. The molecule has 0 aliphatic carbocycles. The van der Waals surface area contributed by atoms with Gasteiger partial charge in [-0.1, -0.05) is 36.0 Å². The first kappa shape index (κ1) is 19.4. The number of benzene rings is 1. The van der Waals surface area contributed by atoms with Crippen LogP contribution in [0.25, 0.3) is 11.4 Å². The fourth-order valence-corrected chi connectivity index (χ4v) is 4.60. The summed E-state index contributed by atoms with van der Waals surface area (Å²) in [4.78, 5) is 19.3. The summed E-state index contributed by atoms with van der Waals surface area (Å²) in [5.74, 6) is 0.834. The zero-order valence-electron chi connectivity index (χ0n) is 16.5. The lowest BCUT2D eigenvalue weighted by Crippen LogP contribution is -2.40. The number of carbonyl (C=O) groups excluding carboxylic acids is 1. The molecule has 4 rings (SSSR count). The number of fused-ring (bicyclic) bond motifs is 1. The first-order valence-corrected chi connectivity index (χ1v) is 10.5. The highest BCUT2D eigenvalue weighted by molar-refractivity contribution is 8.00. The minimum atomic E-state index is -0.290. The smallest absolute Gasteiger partial charge is 0.240 e. The number of carbonyl (C=O) groups is 1. The van der Waals surface area contributed by atoms with Gasteiger partial charge in [0.25, 0.3) is 0 Å². The zero-order chi connectivity index (χ0) is 20.4. The van der Waals surface area contributed by atoms with E-state index in [1.54, 1.807) is 12.4 Å². The molecule has 1 aromatic carbocycles. The molecule has 0 N–H and O–H groups in total. The summed E-state index contributed by atoms with van der Waals surface area (Å²) in [7, 11) is 0. The van der Waals surface area contributed by atoms with Crippen molar-refractivity contribution in [3.63, 3.8) is 0 Å². The van der Waals surface area contributed by atoms with Crippen LogP contribution in [0.4, 0.5) is 5.69 Å². The van der Waals surface area contributed by atoms with E-state index >= 15 is 0 Å². The lowest BCUT2D eigenvalue weighted by atomic mass is 10.1. The van der Waals surface area contributed by atoms with Crippen molar-refractivity contribution in [1.82, 2.24) is 19.7 Å². The maximum atomic E-state index is 13.3. The summed E-state index contributed by atoms with van der Waals surface area (Å²) >= 11 is 1.43. The van der Waals surface area contributed by atoms with Crippen molar-refractivity contribution >= 4 is 23.4 Å². The van der Waals surface area contributed by atoms with Crippen LogP contribution < -0.4 is 4.90 Å². The molecule has 6 nitrogen and oxygen atoms in total. The molecule has 0 saturated carbocycles. The summed E-state index contributed by atoms with van der Waals surface area (Å²) < 4.78 is 1.98. The Hall–Kier alpha value is -2.93. The molecule has 148 valence electrons. The van der Waals surface area contributed by atoms with E-state index in [0.29, 0.717) is 11.7 Å². The number of hydrogen-bond acceptors (Lipinski definition) is 5.